The van der Waals surface area contributed by atoms with Crippen molar-refractivity contribution in [2.24, 2.45) is 0 Å². The third kappa shape index (κ3) is 5.00. The maximum absolute atomic E-state index is 6.27. The molecule has 0 aliphatic carbocycles. The van der Waals surface area contributed by atoms with Crippen LogP contribution in [0.15, 0.2) is 48.5 Å². The Labute approximate surface area is 154 Å². The topological polar surface area (TPSA) is 21.3 Å². The molecule has 1 N–H and O–H groups in total. The summed E-state index contributed by atoms with van der Waals surface area (Å²) in [7, 11) is 0. The van der Waals surface area contributed by atoms with E-state index in [1.165, 1.54) is 19.3 Å². The van der Waals surface area contributed by atoms with Gasteiger partial charge in [-0.2, -0.15) is 0 Å². The highest BCUT2D eigenvalue weighted by Gasteiger charge is 2.23. The molecule has 0 bridgehead atoms. The second-order valence-corrected chi connectivity index (χ2v) is 7.17. The average Bonchev–Trinajstić information content (AvgIpc) is 2.59. The molecule has 0 spiro atoms. The highest BCUT2D eigenvalue weighted by molar-refractivity contribution is 6.80. The molecule has 1 unspecified atom stereocenters. The Balaban J connectivity index is 1.72. The molecule has 126 valence electrons. The van der Waals surface area contributed by atoms with Crippen molar-refractivity contribution >= 4 is 41.0 Å². The summed E-state index contributed by atoms with van der Waals surface area (Å²) < 4.78 is 6.27. The fourth-order valence-corrected chi connectivity index (χ4v) is 3.62. The van der Waals surface area contributed by atoms with Crippen LogP contribution in [0.4, 0.5) is 0 Å². The summed E-state index contributed by atoms with van der Waals surface area (Å²) >= 11 is 12.3. The van der Waals surface area contributed by atoms with E-state index in [2.05, 4.69) is 17.4 Å². The van der Waals surface area contributed by atoms with Crippen LogP contribution in [0.2, 0.25) is 10.0 Å². The Morgan fingerprint density at radius 2 is 1.67 bits per heavy atom. The minimum Gasteiger partial charge on any atom is -0.427 e. The molecule has 5 heteroatoms. The molecule has 1 aliphatic heterocycles. The van der Waals surface area contributed by atoms with Gasteiger partial charge in [0.25, 0.3) is 0 Å². The van der Waals surface area contributed by atoms with Gasteiger partial charge in [0, 0.05) is 22.7 Å². The first kappa shape index (κ1) is 17.8. The van der Waals surface area contributed by atoms with E-state index in [9.17, 15) is 0 Å². The molecular weight excluding hydrogens is 340 g/mol. The number of hydrogen-bond donors (Lipinski definition) is 1. The molecule has 0 saturated carbocycles. The van der Waals surface area contributed by atoms with Crippen molar-refractivity contribution in [2.45, 2.75) is 31.7 Å². The third-order valence-electron chi connectivity index (χ3n) is 4.47. The molecule has 0 aromatic heterocycles. The molecule has 1 fully saturated rings. The molecule has 1 aliphatic rings. The number of rotatable bonds is 6. The second kappa shape index (κ2) is 8.91. The van der Waals surface area contributed by atoms with Crippen molar-refractivity contribution in [3.8, 4) is 0 Å². The van der Waals surface area contributed by atoms with E-state index >= 15 is 0 Å². The van der Waals surface area contributed by atoms with Crippen LogP contribution < -0.4 is 16.2 Å². The quantitative estimate of drug-likeness (QED) is 0.793. The zero-order chi connectivity index (χ0) is 16.8. The first-order valence-corrected chi connectivity index (χ1v) is 9.34. The van der Waals surface area contributed by atoms with E-state index in [0.717, 1.165) is 33.9 Å². The normalized spacial score (nSPS) is 17.7. The summed E-state index contributed by atoms with van der Waals surface area (Å²) in [5.41, 5.74) is 2.11. The summed E-state index contributed by atoms with van der Waals surface area (Å²) in [6.07, 6.45) is 4.86. The minimum atomic E-state index is -0.147. The van der Waals surface area contributed by atoms with E-state index < -0.39 is 0 Å². The molecule has 2 aromatic carbocycles. The molecular formula is C19H22BCl2NO. The smallest absolute Gasteiger partial charge is 0.361 e. The van der Waals surface area contributed by atoms with Crippen LogP contribution in [-0.2, 0) is 4.65 Å². The van der Waals surface area contributed by atoms with Crippen molar-refractivity contribution in [1.82, 2.24) is 5.32 Å². The SMILES string of the molecule is Clc1cccc(B(OCCC2CCCCN2)c2cccc(Cl)c2)c1. The van der Waals surface area contributed by atoms with Crippen LogP contribution in [-0.4, -0.2) is 26.1 Å². The lowest BCUT2D eigenvalue weighted by Gasteiger charge is -2.24. The summed E-state index contributed by atoms with van der Waals surface area (Å²) in [5.74, 6) is 0. The lowest BCUT2D eigenvalue weighted by atomic mass is 9.55. The fraction of sp³-hybridized carbons (Fsp3) is 0.368. The van der Waals surface area contributed by atoms with Gasteiger partial charge < -0.3 is 9.97 Å². The van der Waals surface area contributed by atoms with Crippen molar-refractivity contribution in [1.29, 1.82) is 0 Å². The van der Waals surface area contributed by atoms with Gasteiger partial charge in [-0.3, -0.25) is 0 Å². The zero-order valence-corrected chi connectivity index (χ0v) is 15.2. The second-order valence-electron chi connectivity index (χ2n) is 6.30. The fourth-order valence-electron chi connectivity index (χ4n) is 3.22. The number of hydrogen-bond acceptors (Lipinski definition) is 2. The van der Waals surface area contributed by atoms with Crippen LogP contribution in [0.3, 0.4) is 0 Å². The van der Waals surface area contributed by atoms with Crippen LogP contribution in [0.25, 0.3) is 0 Å². The minimum absolute atomic E-state index is 0.147. The maximum Gasteiger partial charge on any atom is 0.361 e. The molecule has 0 radical (unpaired) electrons. The number of piperidine rings is 1. The average molecular weight is 362 g/mol. The number of benzene rings is 2. The Morgan fingerprint density at radius 3 is 2.21 bits per heavy atom. The van der Waals surface area contributed by atoms with E-state index in [1.54, 1.807) is 0 Å². The summed E-state index contributed by atoms with van der Waals surface area (Å²) in [5, 5.41) is 5.01. The van der Waals surface area contributed by atoms with Gasteiger partial charge >= 0.3 is 6.92 Å². The molecule has 0 amide bonds. The van der Waals surface area contributed by atoms with Gasteiger partial charge in [0.15, 0.2) is 0 Å². The lowest BCUT2D eigenvalue weighted by Crippen LogP contribution is -2.46. The first-order valence-electron chi connectivity index (χ1n) is 8.58. The molecule has 1 saturated heterocycles. The van der Waals surface area contributed by atoms with Gasteiger partial charge in [0.05, 0.1) is 0 Å². The van der Waals surface area contributed by atoms with Crippen molar-refractivity contribution in [3.63, 3.8) is 0 Å². The van der Waals surface area contributed by atoms with Crippen molar-refractivity contribution in [2.75, 3.05) is 13.2 Å². The third-order valence-corrected chi connectivity index (χ3v) is 4.94. The highest BCUT2D eigenvalue weighted by atomic mass is 35.5. The molecule has 2 aromatic rings. The maximum atomic E-state index is 6.27. The predicted molar refractivity (Wildman–Crippen MR) is 104 cm³/mol. The Morgan fingerprint density at radius 1 is 1.00 bits per heavy atom. The monoisotopic (exact) mass is 361 g/mol. The van der Waals surface area contributed by atoms with E-state index in [0.29, 0.717) is 12.6 Å². The molecule has 3 rings (SSSR count). The van der Waals surface area contributed by atoms with Crippen LogP contribution in [0.5, 0.6) is 0 Å². The Bertz CT molecular complexity index is 616. The molecule has 24 heavy (non-hydrogen) atoms. The van der Waals surface area contributed by atoms with Gasteiger partial charge in [0.1, 0.15) is 0 Å². The van der Waals surface area contributed by atoms with Crippen molar-refractivity contribution < 1.29 is 4.65 Å². The van der Waals surface area contributed by atoms with Gasteiger partial charge in [-0.1, -0.05) is 53.9 Å². The van der Waals surface area contributed by atoms with Gasteiger partial charge in [-0.25, -0.2) is 0 Å². The van der Waals surface area contributed by atoms with Crippen LogP contribution >= 0.6 is 23.2 Å². The van der Waals surface area contributed by atoms with Gasteiger partial charge in [0.2, 0.25) is 0 Å². The summed E-state index contributed by atoms with van der Waals surface area (Å²) in [6.45, 7) is 1.68. The lowest BCUT2D eigenvalue weighted by molar-refractivity contribution is 0.276. The van der Waals surface area contributed by atoms with E-state index in [1.807, 2.05) is 36.4 Å². The Kier molecular flexibility index (Phi) is 6.62. The van der Waals surface area contributed by atoms with Crippen molar-refractivity contribution in [3.05, 3.63) is 58.6 Å². The number of halogens is 2. The van der Waals surface area contributed by atoms with Crippen LogP contribution in [0.1, 0.15) is 25.7 Å². The molecule has 1 atom stereocenters. The standard InChI is InChI=1S/C19H22BCl2NO/c21-17-7-3-5-15(13-17)20(16-6-4-8-18(22)14-16)24-12-10-19-9-1-2-11-23-19/h3-8,13-14,19,23H,1-2,9-12H2. The zero-order valence-electron chi connectivity index (χ0n) is 13.7. The summed E-state index contributed by atoms with van der Waals surface area (Å²) in [4.78, 5) is 0. The first-order chi connectivity index (χ1) is 11.7. The molecule has 1 heterocycles. The van der Waals surface area contributed by atoms with E-state index in [4.69, 9.17) is 27.9 Å². The van der Waals surface area contributed by atoms with Gasteiger partial charge in [-0.05, 0) is 61.0 Å². The van der Waals surface area contributed by atoms with E-state index in [-0.39, 0.29) is 6.92 Å². The molecule has 2 nitrogen and oxygen atoms in total. The Hall–Kier alpha value is -0.995. The largest absolute Gasteiger partial charge is 0.427 e. The summed E-state index contributed by atoms with van der Waals surface area (Å²) in [6, 6.07) is 16.3. The van der Waals surface area contributed by atoms with Gasteiger partial charge in [-0.15, -0.1) is 0 Å². The predicted octanol–water partition coefficient (Wildman–Crippen LogP) is 3.65. The van der Waals surface area contributed by atoms with Crippen LogP contribution in [0, 0.1) is 0 Å². The highest BCUT2D eigenvalue weighted by Crippen LogP contribution is 2.12. The number of nitrogens with one attached hydrogen (secondary N) is 1.